The van der Waals surface area contributed by atoms with E-state index in [1.54, 1.807) is 24.3 Å². The predicted molar refractivity (Wildman–Crippen MR) is 145 cm³/mol. The highest BCUT2D eigenvalue weighted by Crippen LogP contribution is 2.36. The molecule has 0 aliphatic carbocycles. The van der Waals surface area contributed by atoms with Gasteiger partial charge in [0.15, 0.2) is 0 Å². The Hall–Kier alpha value is -3.48. The van der Waals surface area contributed by atoms with E-state index >= 15 is 4.39 Å². The number of ether oxygens (including phenoxy) is 2. The number of carboxylic acid groups (broad SMARTS) is 1. The Balaban J connectivity index is 1.98. The third-order valence-electron chi connectivity index (χ3n) is 6.80. The van der Waals surface area contributed by atoms with Gasteiger partial charge < -0.3 is 14.6 Å². The molecule has 3 rings (SSSR count). The summed E-state index contributed by atoms with van der Waals surface area (Å²) in [4.78, 5) is 15.2. The molecule has 1 aromatic heterocycles. The molecule has 2 aromatic carbocycles. The van der Waals surface area contributed by atoms with Crippen LogP contribution in [0.5, 0.6) is 11.6 Å². The highest BCUT2D eigenvalue weighted by atomic mass is 19.1. The lowest BCUT2D eigenvalue weighted by Crippen LogP contribution is -2.21. The molecule has 0 unspecified atom stereocenters. The number of carboxylic acids is 1. The Morgan fingerprint density at radius 1 is 1.00 bits per heavy atom. The van der Waals surface area contributed by atoms with Gasteiger partial charge in [-0.1, -0.05) is 53.2 Å². The van der Waals surface area contributed by atoms with Crippen molar-refractivity contribution in [1.29, 1.82) is 0 Å². The number of benzene rings is 2. The molecule has 0 amide bonds. The van der Waals surface area contributed by atoms with Crippen LogP contribution in [0.1, 0.15) is 70.6 Å². The Bertz CT molecular complexity index is 1290. The molecule has 0 saturated carbocycles. The van der Waals surface area contributed by atoms with E-state index in [0.717, 1.165) is 30.2 Å². The molecule has 0 spiro atoms. The molecule has 3 aromatic rings. The third kappa shape index (κ3) is 7.30. The number of aliphatic carboxylic acids is 1. The molecule has 0 bridgehead atoms. The zero-order valence-electron chi connectivity index (χ0n) is 23.0. The highest BCUT2D eigenvalue weighted by molar-refractivity contribution is 5.70. The lowest BCUT2D eigenvalue weighted by Gasteiger charge is -2.26. The lowest BCUT2D eigenvalue weighted by atomic mass is 9.79. The van der Waals surface area contributed by atoms with E-state index in [1.807, 2.05) is 19.9 Å². The lowest BCUT2D eigenvalue weighted by molar-refractivity contribution is -0.138. The second-order valence-corrected chi connectivity index (χ2v) is 11.2. The van der Waals surface area contributed by atoms with Gasteiger partial charge in [-0.2, -0.15) is 0 Å². The number of aromatic nitrogens is 1. The van der Waals surface area contributed by atoms with E-state index < -0.39 is 23.0 Å². The highest BCUT2D eigenvalue weighted by Gasteiger charge is 2.25. The van der Waals surface area contributed by atoms with Crippen molar-refractivity contribution in [3.05, 3.63) is 77.0 Å². The van der Waals surface area contributed by atoms with E-state index in [0.29, 0.717) is 23.3 Å². The zero-order chi connectivity index (χ0) is 28.1. The maximum atomic E-state index is 15.4. The Labute approximate surface area is 223 Å². The van der Waals surface area contributed by atoms with Crippen LogP contribution in [0, 0.1) is 17.0 Å². The van der Waals surface area contributed by atoms with Gasteiger partial charge in [-0.05, 0) is 59.2 Å². The molecular weight excluding hydrogens is 488 g/mol. The van der Waals surface area contributed by atoms with Crippen molar-refractivity contribution < 1.29 is 28.2 Å². The maximum absolute atomic E-state index is 15.4. The molecule has 7 heteroatoms. The first-order valence-corrected chi connectivity index (χ1v) is 12.8. The van der Waals surface area contributed by atoms with Crippen molar-refractivity contribution in [1.82, 2.24) is 4.98 Å². The van der Waals surface area contributed by atoms with Crippen molar-refractivity contribution in [3.63, 3.8) is 0 Å². The second kappa shape index (κ2) is 11.9. The van der Waals surface area contributed by atoms with Crippen LogP contribution in [0.2, 0.25) is 0 Å². The number of methoxy groups -OCH3 is 1. The smallest absolute Gasteiger partial charge is 0.304 e. The third-order valence-corrected chi connectivity index (χ3v) is 6.80. The molecule has 1 heterocycles. The summed E-state index contributed by atoms with van der Waals surface area (Å²) < 4.78 is 41.4. The quantitative estimate of drug-likeness (QED) is 0.262. The van der Waals surface area contributed by atoms with Crippen molar-refractivity contribution in [2.24, 2.45) is 5.41 Å². The number of halogens is 2. The largest absolute Gasteiger partial charge is 0.489 e. The summed E-state index contributed by atoms with van der Waals surface area (Å²) in [6.45, 7) is 10.1. The number of hydrogen-bond acceptors (Lipinski definition) is 4. The molecule has 204 valence electrons. The fraction of sp³-hybridized carbons (Fsp3) is 0.419. The number of rotatable bonds is 12. The van der Waals surface area contributed by atoms with Gasteiger partial charge in [0, 0.05) is 22.6 Å². The van der Waals surface area contributed by atoms with Crippen LogP contribution >= 0.6 is 0 Å². The van der Waals surface area contributed by atoms with E-state index in [9.17, 15) is 14.3 Å². The number of carbonyl (C=O) groups is 1. The first-order valence-electron chi connectivity index (χ1n) is 12.8. The van der Waals surface area contributed by atoms with Gasteiger partial charge >= 0.3 is 5.97 Å². The first-order chi connectivity index (χ1) is 17.8. The molecule has 0 atom stereocenters. The molecule has 38 heavy (non-hydrogen) atoms. The van der Waals surface area contributed by atoms with Crippen LogP contribution < -0.4 is 9.47 Å². The van der Waals surface area contributed by atoms with Gasteiger partial charge in [-0.15, -0.1) is 0 Å². The van der Waals surface area contributed by atoms with Gasteiger partial charge in [-0.25, -0.2) is 13.8 Å². The monoisotopic (exact) mass is 525 g/mol. The van der Waals surface area contributed by atoms with E-state index in [-0.39, 0.29) is 29.9 Å². The fourth-order valence-corrected chi connectivity index (χ4v) is 4.84. The van der Waals surface area contributed by atoms with E-state index in [2.05, 4.69) is 25.8 Å². The number of hydrogen-bond donors (Lipinski definition) is 1. The molecule has 0 radical (unpaired) electrons. The van der Waals surface area contributed by atoms with Gasteiger partial charge in [0.1, 0.15) is 24.0 Å². The Morgan fingerprint density at radius 3 is 2.39 bits per heavy atom. The number of pyridine rings is 1. The van der Waals surface area contributed by atoms with Gasteiger partial charge in [0.25, 0.3) is 0 Å². The average Bonchev–Trinajstić information content (AvgIpc) is 2.83. The minimum absolute atomic E-state index is 0.0280. The van der Waals surface area contributed by atoms with Crippen LogP contribution in [-0.2, 0) is 23.2 Å². The van der Waals surface area contributed by atoms with Crippen LogP contribution in [0.15, 0.2) is 48.7 Å². The summed E-state index contributed by atoms with van der Waals surface area (Å²) in [7, 11) is 1.45. The van der Waals surface area contributed by atoms with Gasteiger partial charge in [0.05, 0.1) is 19.7 Å². The minimum Gasteiger partial charge on any atom is -0.489 e. The van der Waals surface area contributed by atoms with E-state index in [4.69, 9.17) is 9.47 Å². The average molecular weight is 526 g/mol. The van der Waals surface area contributed by atoms with Crippen molar-refractivity contribution in [2.45, 2.75) is 72.3 Å². The summed E-state index contributed by atoms with van der Waals surface area (Å²) in [5, 5.41) is 9.25. The maximum Gasteiger partial charge on any atom is 0.304 e. The number of nitrogens with zero attached hydrogens (tertiary/aromatic N) is 1. The van der Waals surface area contributed by atoms with Crippen LogP contribution in [0.25, 0.3) is 11.1 Å². The topological polar surface area (TPSA) is 68.7 Å². The minimum atomic E-state index is -0.884. The molecule has 0 aliphatic rings. The van der Waals surface area contributed by atoms with E-state index in [1.165, 1.54) is 19.2 Å². The summed E-state index contributed by atoms with van der Waals surface area (Å²) in [5.74, 6) is -1.18. The second-order valence-electron chi connectivity index (χ2n) is 11.2. The molecule has 1 N–H and O–H groups in total. The normalized spacial score (nSPS) is 11.9. The van der Waals surface area contributed by atoms with Crippen LogP contribution in [0.4, 0.5) is 8.78 Å². The summed E-state index contributed by atoms with van der Waals surface area (Å²) in [6, 6.07) is 11.8. The molecule has 0 saturated heterocycles. The van der Waals surface area contributed by atoms with Crippen LogP contribution in [-0.4, -0.2) is 23.2 Å². The Kier molecular flexibility index (Phi) is 9.13. The molecule has 0 fully saturated rings. The summed E-state index contributed by atoms with van der Waals surface area (Å²) >= 11 is 0. The van der Waals surface area contributed by atoms with Crippen molar-refractivity contribution in [3.8, 4) is 22.8 Å². The first kappa shape index (κ1) is 29.1. The van der Waals surface area contributed by atoms with Crippen molar-refractivity contribution in [2.75, 3.05) is 7.11 Å². The summed E-state index contributed by atoms with van der Waals surface area (Å²) in [5.41, 5.74) is 2.00. The zero-order valence-corrected chi connectivity index (χ0v) is 23.0. The van der Waals surface area contributed by atoms with Crippen molar-refractivity contribution >= 4 is 5.97 Å². The molecular formula is C31H37F2NO4. The fourth-order valence-electron chi connectivity index (χ4n) is 4.84. The van der Waals surface area contributed by atoms with Gasteiger partial charge in [-0.3, -0.25) is 4.79 Å². The van der Waals surface area contributed by atoms with Gasteiger partial charge in [0.2, 0.25) is 5.88 Å². The standard InChI is InChI=1S/C31H37F2NO4/c1-7-11-30(2,3)16-20-12-21(26(32)14-24(20)25-15-28(37-6)34-18-27(25)33)19-38-23-10-8-9-22(13-23)31(4,5)17-29(35)36/h8-10,12-15,18H,7,11,16-17,19H2,1-6H3,(H,35,36). The van der Waals surface area contributed by atoms with Crippen LogP contribution in [0.3, 0.4) is 0 Å². The Morgan fingerprint density at radius 2 is 1.74 bits per heavy atom. The summed E-state index contributed by atoms with van der Waals surface area (Å²) in [6.07, 6.45) is 3.62. The SMILES string of the molecule is CCCC(C)(C)Cc1cc(COc2cccc(C(C)(C)CC(=O)O)c2)c(F)cc1-c1cc(OC)ncc1F. The molecule has 0 aliphatic heterocycles. The predicted octanol–water partition coefficient (Wildman–Crippen LogP) is 7.74. The molecule has 5 nitrogen and oxygen atoms in total.